The van der Waals surface area contributed by atoms with Crippen LogP contribution in [0.5, 0.6) is 0 Å². The number of benzene rings is 2. The van der Waals surface area contributed by atoms with Crippen molar-refractivity contribution in [1.82, 2.24) is 19.5 Å². The van der Waals surface area contributed by atoms with Crippen LogP contribution in [0, 0.1) is 0 Å². The molecule has 0 aliphatic rings. The number of rotatable bonds is 8. The first-order chi connectivity index (χ1) is 16.1. The van der Waals surface area contributed by atoms with Gasteiger partial charge in [0.25, 0.3) is 0 Å². The van der Waals surface area contributed by atoms with E-state index in [-0.39, 0.29) is 0 Å². The summed E-state index contributed by atoms with van der Waals surface area (Å²) in [6.07, 6.45) is -1.19. The number of anilines is 2. The Morgan fingerprint density at radius 2 is 1.74 bits per heavy atom. The van der Waals surface area contributed by atoms with Crippen molar-refractivity contribution < 1.29 is 17.9 Å². The number of nitrogens with zero attached hydrogens (tertiary/aromatic N) is 4. The second kappa shape index (κ2) is 9.55. The predicted molar refractivity (Wildman–Crippen MR) is 130 cm³/mol. The molecular weight excluding hydrogens is 459 g/mol. The van der Waals surface area contributed by atoms with Gasteiger partial charge in [0.15, 0.2) is 0 Å². The number of nitrogens with one attached hydrogen (secondary N) is 1. The van der Waals surface area contributed by atoms with Gasteiger partial charge in [0.2, 0.25) is 0 Å². The van der Waals surface area contributed by atoms with Crippen molar-refractivity contribution in [2.24, 2.45) is 0 Å². The number of hydrogen-bond acceptors (Lipinski definition) is 5. The van der Waals surface area contributed by atoms with Crippen LogP contribution in [-0.2, 0) is 17.6 Å². The van der Waals surface area contributed by atoms with E-state index in [9.17, 15) is 13.2 Å². The van der Waals surface area contributed by atoms with Crippen LogP contribution in [0.3, 0.4) is 0 Å². The number of alkyl halides is 3. The third kappa shape index (κ3) is 6.00. The Kier molecular flexibility index (Phi) is 6.71. The Morgan fingerprint density at radius 1 is 0.971 bits per heavy atom. The first-order valence-corrected chi connectivity index (χ1v) is 14.6. The SMILES string of the molecule is C[Si](C)(C)CCOCn1cnc2ccc(-c3cc(Nc4ccc(C(F)(F)F)cc4)ncn3)cc21. The maximum Gasteiger partial charge on any atom is 0.416 e. The van der Waals surface area contributed by atoms with E-state index in [1.807, 2.05) is 22.8 Å². The van der Waals surface area contributed by atoms with Gasteiger partial charge in [0.05, 0.1) is 28.6 Å². The van der Waals surface area contributed by atoms with E-state index in [1.165, 1.54) is 18.5 Å². The number of fused-ring (bicyclic) bond motifs is 1. The van der Waals surface area contributed by atoms with Gasteiger partial charge in [-0.05, 0) is 42.4 Å². The topological polar surface area (TPSA) is 64.9 Å². The molecule has 6 nitrogen and oxygen atoms in total. The summed E-state index contributed by atoms with van der Waals surface area (Å²) in [6, 6.07) is 13.5. The minimum atomic E-state index is -4.37. The van der Waals surface area contributed by atoms with Gasteiger partial charge in [0.1, 0.15) is 18.9 Å². The molecule has 0 saturated carbocycles. The van der Waals surface area contributed by atoms with Crippen LogP contribution in [-0.4, -0.2) is 34.2 Å². The molecule has 0 spiro atoms. The summed E-state index contributed by atoms with van der Waals surface area (Å²) in [5.74, 6) is 0.480. The van der Waals surface area contributed by atoms with Gasteiger partial charge < -0.3 is 14.6 Å². The lowest BCUT2D eigenvalue weighted by molar-refractivity contribution is -0.137. The summed E-state index contributed by atoms with van der Waals surface area (Å²) in [6.45, 7) is 8.10. The highest BCUT2D eigenvalue weighted by atomic mass is 28.3. The maximum atomic E-state index is 12.8. The molecule has 10 heteroatoms. The van der Waals surface area contributed by atoms with Gasteiger partial charge in [-0.15, -0.1) is 0 Å². The third-order valence-corrected chi connectivity index (χ3v) is 7.00. The molecule has 0 atom stereocenters. The molecule has 2 heterocycles. The molecule has 2 aromatic heterocycles. The minimum Gasteiger partial charge on any atom is -0.361 e. The van der Waals surface area contributed by atoms with Gasteiger partial charge >= 0.3 is 6.18 Å². The van der Waals surface area contributed by atoms with Gasteiger partial charge in [-0.1, -0.05) is 25.7 Å². The number of ether oxygens (including phenoxy) is 1. The average molecular weight is 486 g/mol. The molecule has 178 valence electrons. The quantitative estimate of drug-likeness (QED) is 0.226. The molecule has 0 amide bonds. The highest BCUT2D eigenvalue weighted by Crippen LogP contribution is 2.30. The van der Waals surface area contributed by atoms with Crippen molar-refractivity contribution in [3.63, 3.8) is 0 Å². The first-order valence-electron chi connectivity index (χ1n) is 10.9. The van der Waals surface area contributed by atoms with Crippen molar-refractivity contribution in [3.05, 3.63) is 66.7 Å². The predicted octanol–water partition coefficient (Wildman–Crippen LogP) is 6.57. The van der Waals surface area contributed by atoms with Crippen LogP contribution in [0.1, 0.15) is 5.56 Å². The van der Waals surface area contributed by atoms with E-state index in [0.29, 0.717) is 23.9 Å². The number of halogens is 3. The average Bonchev–Trinajstić information content (AvgIpc) is 3.18. The molecule has 0 saturated heterocycles. The molecule has 4 rings (SSSR count). The molecule has 0 bridgehead atoms. The Hall–Kier alpha value is -3.24. The van der Waals surface area contributed by atoms with Gasteiger partial charge in [0, 0.05) is 32.0 Å². The van der Waals surface area contributed by atoms with E-state index in [2.05, 4.69) is 39.9 Å². The summed E-state index contributed by atoms with van der Waals surface area (Å²) < 4.78 is 46.2. The largest absolute Gasteiger partial charge is 0.416 e. The second-order valence-electron chi connectivity index (χ2n) is 9.25. The van der Waals surface area contributed by atoms with E-state index in [1.54, 1.807) is 12.4 Å². The van der Waals surface area contributed by atoms with E-state index in [0.717, 1.165) is 41.4 Å². The molecule has 4 aromatic rings. The minimum absolute atomic E-state index is 0.426. The normalized spacial score (nSPS) is 12.3. The lowest BCUT2D eigenvalue weighted by Gasteiger charge is -2.15. The highest BCUT2D eigenvalue weighted by Gasteiger charge is 2.29. The summed E-state index contributed by atoms with van der Waals surface area (Å²) in [5, 5.41) is 3.03. The van der Waals surface area contributed by atoms with Crippen LogP contribution in [0.25, 0.3) is 22.3 Å². The summed E-state index contributed by atoms with van der Waals surface area (Å²) in [4.78, 5) is 13.0. The van der Waals surface area contributed by atoms with Crippen LogP contribution in [0.4, 0.5) is 24.7 Å². The van der Waals surface area contributed by atoms with Gasteiger partial charge in [-0.3, -0.25) is 0 Å². The molecule has 0 aliphatic carbocycles. The summed E-state index contributed by atoms with van der Waals surface area (Å²) in [7, 11) is -1.15. The molecule has 0 fully saturated rings. The van der Waals surface area contributed by atoms with Crippen molar-refractivity contribution in [3.8, 4) is 11.3 Å². The smallest absolute Gasteiger partial charge is 0.361 e. The maximum absolute atomic E-state index is 12.8. The molecule has 0 aliphatic heterocycles. The zero-order valence-electron chi connectivity index (χ0n) is 19.2. The van der Waals surface area contributed by atoms with Gasteiger partial charge in [-0.25, -0.2) is 15.0 Å². The standard InChI is InChI=1S/C24H26F3N5OSi/c1-34(2,3)11-10-33-16-32-15-30-20-9-4-17(12-22(20)32)21-13-23(29-14-28-21)31-19-7-5-18(6-8-19)24(25,26)27/h4-9,12-15H,10-11,16H2,1-3H3,(H,28,29,31). The monoisotopic (exact) mass is 485 g/mol. The van der Waals surface area contributed by atoms with Crippen LogP contribution in [0.15, 0.2) is 61.2 Å². The van der Waals surface area contributed by atoms with Crippen LogP contribution < -0.4 is 5.32 Å². The number of hydrogen-bond donors (Lipinski definition) is 1. The molecular formula is C24H26F3N5OSi. The molecule has 34 heavy (non-hydrogen) atoms. The fourth-order valence-electron chi connectivity index (χ4n) is 3.33. The zero-order chi connectivity index (χ0) is 24.3. The molecule has 2 aromatic carbocycles. The molecule has 0 unspecified atom stereocenters. The van der Waals surface area contributed by atoms with Crippen molar-refractivity contribution >= 4 is 30.6 Å². The summed E-state index contributed by atoms with van der Waals surface area (Å²) >= 11 is 0. The lowest BCUT2D eigenvalue weighted by atomic mass is 10.1. The Balaban J connectivity index is 1.50. The number of imidazole rings is 1. The molecule has 0 radical (unpaired) electrons. The Labute approximate surface area is 196 Å². The molecule has 1 N–H and O–H groups in total. The lowest BCUT2D eigenvalue weighted by Crippen LogP contribution is -2.21. The third-order valence-electron chi connectivity index (χ3n) is 5.30. The fourth-order valence-corrected chi connectivity index (χ4v) is 4.09. The van der Waals surface area contributed by atoms with Crippen LogP contribution in [0.2, 0.25) is 25.7 Å². The number of aromatic nitrogens is 4. The zero-order valence-corrected chi connectivity index (χ0v) is 20.2. The van der Waals surface area contributed by atoms with Crippen molar-refractivity contribution in [2.75, 3.05) is 11.9 Å². The Bertz CT molecular complexity index is 1270. The van der Waals surface area contributed by atoms with Gasteiger partial charge in [-0.2, -0.15) is 13.2 Å². The van der Waals surface area contributed by atoms with E-state index < -0.39 is 19.8 Å². The second-order valence-corrected chi connectivity index (χ2v) is 14.9. The van der Waals surface area contributed by atoms with E-state index in [4.69, 9.17) is 4.74 Å². The van der Waals surface area contributed by atoms with Crippen LogP contribution >= 0.6 is 0 Å². The van der Waals surface area contributed by atoms with Crippen molar-refractivity contribution in [1.29, 1.82) is 0 Å². The van der Waals surface area contributed by atoms with Crippen molar-refractivity contribution in [2.45, 2.75) is 38.6 Å². The first kappa shape index (κ1) is 23.9. The van der Waals surface area contributed by atoms with E-state index >= 15 is 0 Å². The Morgan fingerprint density at radius 3 is 2.44 bits per heavy atom. The summed E-state index contributed by atoms with van der Waals surface area (Å²) in [5.41, 5.74) is 3.14. The fraction of sp³-hybridized carbons (Fsp3) is 0.292. The highest BCUT2D eigenvalue weighted by molar-refractivity contribution is 6.76.